The summed E-state index contributed by atoms with van der Waals surface area (Å²) in [6, 6.07) is 61.1. The smallest absolute Gasteiger partial charge is 0.164 e. The van der Waals surface area contributed by atoms with E-state index in [4.69, 9.17) is 15.0 Å². The third kappa shape index (κ3) is 5.79. The monoisotopic (exact) mass is 678 g/mol. The van der Waals surface area contributed by atoms with Gasteiger partial charge in [0.15, 0.2) is 17.5 Å². The largest absolute Gasteiger partial charge is 0.208 e. The molecule has 0 saturated heterocycles. The lowest BCUT2D eigenvalue weighted by Crippen LogP contribution is -2.15. The first-order valence-electron chi connectivity index (χ1n) is 17.8. The molecule has 0 unspecified atom stereocenters. The van der Waals surface area contributed by atoms with Crippen LogP contribution in [0.4, 0.5) is 0 Å². The minimum absolute atomic E-state index is 0.110. The van der Waals surface area contributed by atoms with E-state index >= 15 is 0 Å². The summed E-state index contributed by atoms with van der Waals surface area (Å²) in [4.78, 5) is 14.8. The molecule has 0 aliphatic heterocycles. The van der Waals surface area contributed by atoms with Crippen LogP contribution in [0, 0.1) is 11.3 Å². The topological polar surface area (TPSA) is 62.5 Å². The van der Waals surface area contributed by atoms with Crippen molar-refractivity contribution >= 4 is 0 Å². The molecule has 9 rings (SSSR count). The number of nitrogens with zero attached hydrogens (tertiary/aromatic N) is 4. The zero-order chi connectivity index (χ0) is 35.9. The molecule has 1 aromatic heterocycles. The van der Waals surface area contributed by atoms with Crippen molar-refractivity contribution in [1.29, 1.82) is 5.26 Å². The summed E-state index contributed by atoms with van der Waals surface area (Å²) in [5, 5.41) is 9.35. The van der Waals surface area contributed by atoms with Crippen molar-refractivity contribution in [3.8, 4) is 84.7 Å². The number of hydrogen-bond acceptors (Lipinski definition) is 4. The van der Waals surface area contributed by atoms with Crippen LogP contribution in [-0.2, 0) is 5.41 Å². The Bertz CT molecular complexity index is 2690. The predicted molar refractivity (Wildman–Crippen MR) is 215 cm³/mol. The molecule has 1 aliphatic carbocycles. The molecule has 0 saturated carbocycles. The standard InChI is InChI=1S/C49H34N4/c1-49(2)44-22-10-9-21-40(44)43-29-41(33-13-5-3-6-14-33)42(30-45(43)49)38-19-11-17-36(27-38)37-18-12-20-39(28-37)48-52-46(34-15-7-4-8-16-34)51-47(53-48)35-25-23-32(31-50)24-26-35/h3-30H,1-2H3. The van der Waals surface area contributed by atoms with Gasteiger partial charge in [0.25, 0.3) is 0 Å². The van der Waals surface area contributed by atoms with Crippen molar-refractivity contribution in [1.82, 2.24) is 15.0 Å². The third-order valence-corrected chi connectivity index (χ3v) is 10.4. The highest BCUT2D eigenvalue weighted by Gasteiger charge is 2.36. The number of fused-ring (bicyclic) bond motifs is 3. The fraction of sp³-hybridized carbons (Fsp3) is 0.0612. The molecule has 7 aromatic carbocycles. The highest BCUT2D eigenvalue weighted by molar-refractivity contribution is 5.93. The fourth-order valence-electron chi connectivity index (χ4n) is 7.59. The average molecular weight is 679 g/mol. The van der Waals surface area contributed by atoms with Crippen molar-refractivity contribution in [2.24, 2.45) is 0 Å². The summed E-state index contributed by atoms with van der Waals surface area (Å²) >= 11 is 0. The number of hydrogen-bond donors (Lipinski definition) is 0. The molecule has 0 radical (unpaired) electrons. The lowest BCUT2D eigenvalue weighted by atomic mass is 9.80. The van der Waals surface area contributed by atoms with Gasteiger partial charge in [-0.1, -0.05) is 135 Å². The summed E-state index contributed by atoms with van der Waals surface area (Å²) in [5.41, 5.74) is 15.4. The van der Waals surface area contributed by atoms with Gasteiger partial charge in [-0.2, -0.15) is 5.26 Å². The molecule has 53 heavy (non-hydrogen) atoms. The molecule has 0 fully saturated rings. The average Bonchev–Trinajstić information content (AvgIpc) is 3.46. The Hall–Kier alpha value is -6.96. The lowest BCUT2D eigenvalue weighted by molar-refractivity contribution is 0.660. The Morgan fingerprint density at radius 2 is 0.868 bits per heavy atom. The zero-order valence-electron chi connectivity index (χ0n) is 29.5. The number of aromatic nitrogens is 3. The second-order valence-corrected chi connectivity index (χ2v) is 14.0. The minimum atomic E-state index is -0.110. The van der Waals surface area contributed by atoms with Gasteiger partial charge in [-0.25, -0.2) is 15.0 Å². The summed E-state index contributed by atoms with van der Waals surface area (Å²) in [5.74, 6) is 1.74. The van der Waals surface area contributed by atoms with E-state index in [0.29, 0.717) is 23.0 Å². The quantitative estimate of drug-likeness (QED) is 0.176. The molecule has 4 heteroatoms. The Balaban J connectivity index is 1.16. The highest BCUT2D eigenvalue weighted by Crippen LogP contribution is 2.52. The summed E-state index contributed by atoms with van der Waals surface area (Å²) in [6.45, 7) is 4.67. The van der Waals surface area contributed by atoms with Crippen molar-refractivity contribution in [3.63, 3.8) is 0 Å². The van der Waals surface area contributed by atoms with E-state index in [2.05, 4.69) is 129 Å². The second kappa shape index (κ2) is 13.0. The van der Waals surface area contributed by atoms with Crippen LogP contribution in [0.15, 0.2) is 170 Å². The highest BCUT2D eigenvalue weighted by atomic mass is 15.0. The van der Waals surface area contributed by atoms with Crippen LogP contribution >= 0.6 is 0 Å². The van der Waals surface area contributed by atoms with E-state index in [1.54, 1.807) is 12.1 Å². The first-order valence-corrected chi connectivity index (χ1v) is 17.8. The van der Waals surface area contributed by atoms with E-state index in [0.717, 1.165) is 33.4 Å². The van der Waals surface area contributed by atoms with E-state index < -0.39 is 0 Å². The van der Waals surface area contributed by atoms with Crippen LogP contribution in [0.1, 0.15) is 30.5 Å². The SMILES string of the molecule is CC1(C)c2ccccc2-c2cc(-c3ccccc3)c(-c3cccc(-c4cccc(-c5nc(-c6ccccc6)nc(-c6ccc(C#N)cc6)n5)c4)c3)cc21. The zero-order valence-corrected chi connectivity index (χ0v) is 29.5. The molecule has 0 spiro atoms. The fourth-order valence-corrected chi connectivity index (χ4v) is 7.59. The third-order valence-electron chi connectivity index (χ3n) is 10.4. The van der Waals surface area contributed by atoms with Gasteiger partial charge in [0.2, 0.25) is 0 Å². The van der Waals surface area contributed by atoms with E-state index in [-0.39, 0.29) is 5.41 Å². The van der Waals surface area contributed by atoms with E-state index in [1.165, 1.54) is 38.9 Å². The maximum absolute atomic E-state index is 9.35. The molecule has 4 nitrogen and oxygen atoms in total. The summed E-state index contributed by atoms with van der Waals surface area (Å²) in [7, 11) is 0. The molecular weight excluding hydrogens is 645 g/mol. The van der Waals surface area contributed by atoms with Crippen molar-refractivity contribution in [2.45, 2.75) is 19.3 Å². The molecule has 1 heterocycles. The Kier molecular flexibility index (Phi) is 7.83. The van der Waals surface area contributed by atoms with Gasteiger partial charge in [0, 0.05) is 22.1 Å². The first-order chi connectivity index (χ1) is 26.0. The van der Waals surface area contributed by atoms with Crippen molar-refractivity contribution < 1.29 is 0 Å². The van der Waals surface area contributed by atoms with Gasteiger partial charge in [0.05, 0.1) is 11.6 Å². The van der Waals surface area contributed by atoms with Crippen LogP contribution in [0.3, 0.4) is 0 Å². The second-order valence-electron chi connectivity index (χ2n) is 14.0. The number of benzene rings is 7. The van der Waals surface area contributed by atoms with Gasteiger partial charge in [-0.3, -0.25) is 0 Å². The van der Waals surface area contributed by atoms with Crippen LogP contribution in [-0.4, -0.2) is 15.0 Å². The van der Waals surface area contributed by atoms with Crippen molar-refractivity contribution in [3.05, 3.63) is 187 Å². The molecule has 0 bridgehead atoms. The Morgan fingerprint density at radius 1 is 0.377 bits per heavy atom. The van der Waals surface area contributed by atoms with Gasteiger partial charge < -0.3 is 0 Å². The molecule has 0 amide bonds. The first kappa shape index (κ1) is 32.0. The molecule has 8 aromatic rings. The van der Waals surface area contributed by atoms with E-state index in [9.17, 15) is 5.26 Å². The Labute approximate surface area is 309 Å². The molecule has 0 atom stereocenters. The van der Waals surface area contributed by atoms with Crippen LogP contribution in [0.25, 0.3) is 78.7 Å². The molecule has 250 valence electrons. The molecular formula is C49H34N4. The maximum atomic E-state index is 9.35. The van der Waals surface area contributed by atoms with Gasteiger partial charge in [-0.05, 0) is 104 Å². The predicted octanol–water partition coefficient (Wildman–Crippen LogP) is 12.1. The summed E-state index contributed by atoms with van der Waals surface area (Å²) in [6.07, 6.45) is 0. The van der Waals surface area contributed by atoms with Crippen LogP contribution in [0.2, 0.25) is 0 Å². The number of rotatable bonds is 6. The minimum Gasteiger partial charge on any atom is -0.208 e. The Morgan fingerprint density at radius 3 is 1.53 bits per heavy atom. The van der Waals surface area contributed by atoms with Gasteiger partial charge in [0.1, 0.15) is 0 Å². The van der Waals surface area contributed by atoms with Gasteiger partial charge in [-0.15, -0.1) is 0 Å². The van der Waals surface area contributed by atoms with Crippen LogP contribution in [0.5, 0.6) is 0 Å². The van der Waals surface area contributed by atoms with E-state index in [1.807, 2.05) is 48.5 Å². The molecule has 0 N–H and O–H groups in total. The van der Waals surface area contributed by atoms with Gasteiger partial charge >= 0.3 is 0 Å². The number of nitriles is 1. The lowest BCUT2D eigenvalue weighted by Gasteiger charge is -2.23. The maximum Gasteiger partial charge on any atom is 0.164 e. The normalized spacial score (nSPS) is 12.5. The summed E-state index contributed by atoms with van der Waals surface area (Å²) < 4.78 is 0. The van der Waals surface area contributed by atoms with Crippen LogP contribution < -0.4 is 0 Å². The van der Waals surface area contributed by atoms with Crippen molar-refractivity contribution in [2.75, 3.05) is 0 Å². The molecule has 1 aliphatic rings.